The van der Waals surface area contributed by atoms with Gasteiger partial charge in [0, 0.05) is 18.8 Å². The van der Waals surface area contributed by atoms with Crippen LogP contribution in [0.25, 0.3) is 0 Å². The molecule has 0 saturated carbocycles. The maximum atomic E-state index is 12.4. The molecule has 0 atom stereocenters. The second-order valence-corrected chi connectivity index (χ2v) is 4.69. The third-order valence-corrected chi connectivity index (χ3v) is 3.40. The van der Waals surface area contributed by atoms with Gasteiger partial charge in [0.05, 0.1) is 17.2 Å². The Balaban J connectivity index is 3.01. The normalized spacial score (nSPS) is 10.8. The van der Waals surface area contributed by atoms with Crippen LogP contribution >= 0.6 is 11.6 Å². The molecule has 1 aromatic heterocycles. The summed E-state index contributed by atoms with van der Waals surface area (Å²) in [5.74, 6) is 0.0200. The van der Waals surface area contributed by atoms with Crippen LogP contribution in [0.3, 0.4) is 0 Å². The van der Waals surface area contributed by atoms with Gasteiger partial charge in [0.2, 0.25) is 0 Å². The number of aliphatic hydroxyl groups is 1. The molecule has 0 bridgehead atoms. The summed E-state index contributed by atoms with van der Waals surface area (Å²) < 4.78 is 0. The Kier molecular flexibility index (Phi) is 6.05. The average Bonchev–Trinajstić information content (AvgIpc) is 2.41. The highest BCUT2D eigenvalue weighted by Crippen LogP contribution is 2.19. The van der Waals surface area contributed by atoms with Crippen molar-refractivity contribution in [1.82, 2.24) is 9.88 Å². The smallest absolute Gasteiger partial charge is 0.255 e. The number of anilines is 1. The molecular weight excluding hydrogens is 266 g/mol. The summed E-state index contributed by atoms with van der Waals surface area (Å²) in [5.41, 5.74) is 5.92. The molecule has 0 saturated heterocycles. The van der Waals surface area contributed by atoms with Crippen molar-refractivity contribution in [3.63, 3.8) is 0 Å². The number of nitrogen functional groups attached to an aromatic ring is 1. The van der Waals surface area contributed by atoms with Crippen LogP contribution in [-0.2, 0) is 0 Å². The molecule has 0 spiro atoms. The molecule has 3 N–H and O–H groups in total. The fourth-order valence-electron chi connectivity index (χ4n) is 2.02. The number of hydrogen-bond donors (Lipinski definition) is 2. The number of nitrogens with two attached hydrogens (primary N) is 1. The van der Waals surface area contributed by atoms with Gasteiger partial charge in [0.1, 0.15) is 5.82 Å². The van der Waals surface area contributed by atoms with Gasteiger partial charge in [0.15, 0.2) is 0 Å². The largest absolute Gasteiger partial charge is 0.395 e. The molecule has 1 amide bonds. The van der Waals surface area contributed by atoms with Gasteiger partial charge < -0.3 is 15.7 Å². The Hall–Kier alpha value is -1.33. The summed E-state index contributed by atoms with van der Waals surface area (Å²) in [6.07, 6.45) is 3.08. The van der Waals surface area contributed by atoms with Crippen LogP contribution in [0, 0.1) is 0 Å². The number of carbonyl (C=O) groups excluding carboxylic acids is 1. The highest BCUT2D eigenvalue weighted by Gasteiger charge is 2.22. The molecule has 106 valence electrons. The van der Waals surface area contributed by atoms with Crippen molar-refractivity contribution in [1.29, 1.82) is 0 Å². The monoisotopic (exact) mass is 285 g/mol. The summed E-state index contributed by atoms with van der Waals surface area (Å²) in [5, 5.41) is 9.38. The van der Waals surface area contributed by atoms with Gasteiger partial charge in [-0.05, 0) is 18.9 Å². The van der Waals surface area contributed by atoms with E-state index in [4.69, 9.17) is 22.4 Å². The van der Waals surface area contributed by atoms with Gasteiger partial charge in [0.25, 0.3) is 5.91 Å². The number of rotatable bonds is 6. The van der Waals surface area contributed by atoms with E-state index in [1.54, 1.807) is 4.90 Å². The zero-order valence-electron chi connectivity index (χ0n) is 11.3. The van der Waals surface area contributed by atoms with E-state index in [0.29, 0.717) is 12.1 Å². The molecule has 6 heteroatoms. The zero-order chi connectivity index (χ0) is 14.4. The summed E-state index contributed by atoms with van der Waals surface area (Å²) in [6, 6.07) is 1.61. The van der Waals surface area contributed by atoms with Crippen LogP contribution < -0.4 is 5.73 Å². The van der Waals surface area contributed by atoms with Gasteiger partial charge in [-0.3, -0.25) is 4.79 Å². The average molecular weight is 286 g/mol. The van der Waals surface area contributed by atoms with E-state index in [2.05, 4.69) is 4.98 Å². The number of aromatic nitrogens is 1. The van der Waals surface area contributed by atoms with Crippen molar-refractivity contribution in [2.75, 3.05) is 18.9 Å². The van der Waals surface area contributed by atoms with E-state index >= 15 is 0 Å². The lowest BCUT2D eigenvalue weighted by Crippen LogP contribution is -2.41. The lowest BCUT2D eigenvalue weighted by atomic mass is 10.1. The van der Waals surface area contributed by atoms with Crippen molar-refractivity contribution < 1.29 is 9.90 Å². The van der Waals surface area contributed by atoms with E-state index in [9.17, 15) is 4.79 Å². The number of halogens is 1. The minimum atomic E-state index is -0.183. The predicted molar refractivity (Wildman–Crippen MR) is 76.2 cm³/mol. The zero-order valence-corrected chi connectivity index (χ0v) is 12.0. The first-order valence-electron chi connectivity index (χ1n) is 6.37. The summed E-state index contributed by atoms with van der Waals surface area (Å²) in [4.78, 5) is 18.0. The van der Waals surface area contributed by atoms with E-state index in [-0.39, 0.29) is 29.4 Å². The van der Waals surface area contributed by atoms with Crippen LogP contribution in [0.2, 0.25) is 5.02 Å². The molecule has 0 radical (unpaired) electrons. The summed E-state index contributed by atoms with van der Waals surface area (Å²) >= 11 is 5.88. The summed E-state index contributed by atoms with van der Waals surface area (Å²) in [6.45, 7) is 4.26. The standard InChI is InChI=1S/C13H20ClN3O2/c1-3-10(4-2)17(5-6-18)13(19)9-7-11(14)12(15)16-8-9/h7-8,10,18H,3-6H2,1-2H3,(H2,15,16). The Morgan fingerprint density at radius 1 is 1.53 bits per heavy atom. The Labute approximate surface area is 118 Å². The Morgan fingerprint density at radius 3 is 2.63 bits per heavy atom. The van der Waals surface area contributed by atoms with Crippen molar-refractivity contribution in [2.24, 2.45) is 0 Å². The quantitative estimate of drug-likeness (QED) is 0.837. The fourth-order valence-corrected chi connectivity index (χ4v) is 2.18. The number of amides is 1. The maximum absolute atomic E-state index is 12.4. The Bertz CT molecular complexity index is 436. The van der Waals surface area contributed by atoms with Crippen LogP contribution in [0.4, 0.5) is 5.82 Å². The number of pyridine rings is 1. The van der Waals surface area contributed by atoms with Crippen LogP contribution in [0.15, 0.2) is 12.3 Å². The Morgan fingerprint density at radius 2 is 2.16 bits per heavy atom. The van der Waals surface area contributed by atoms with Crippen molar-refractivity contribution >= 4 is 23.3 Å². The molecule has 0 aromatic carbocycles. The highest BCUT2D eigenvalue weighted by molar-refractivity contribution is 6.33. The molecule has 0 aliphatic carbocycles. The van der Waals surface area contributed by atoms with Gasteiger partial charge in [-0.25, -0.2) is 4.98 Å². The minimum Gasteiger partial charge on any atom is -0.395 e. The van der Waals surface area contributed by atoms with Gasteiger partial charge in [-0.1, -0.05) is 25.4 Å². The van der Waals surface area contributed by atoms with Gasteiger partial charge in [-0.15, -0.1) is 0 Å². The first-order valence-corrected chi connectivity index (χ1v) is 6.75. The molecule has 1 heterocycles. The van der Waals surface area contributed by atoms with Crippen LogP contribution in [-0.4, -0.2) is 40.1 Å². The SMILES string of the molecule is CCC(CC)N(CCO)C(=O)c1cnc(N)c(Cl)c1. The third kappa shape index (κ3) is 3.81. The second kappa shape index (κ2) is 7.31. The molecule has 0 aliphatic heterocycles. The van der Waals surface area contributed by atoms with Crippen LogP contribution in [0.5, 0.6) is 0 Å². The van der Waals surface area contributed by atoms with E-state index in [1.165, 1.54) is 12.3 Å². The van der Waals surface area contributed by atoms with Crippen molar-refractivity contribution in [3.05, 3.63) is 22.8 Å². The molecule has 5 nitrogen and oxygen atoms in total. The maximum Gasteiger partial charge on any atom is 0.255 e. The minimum absolute atomic E-state index is 0.0711. The van der Waals surface area contributed by atoms with E-state index < -0.39 is 0 Å². The van der Waals surface area contributed by atoms with Gasteiger partial charge >= 0.3 is 0 Å². The van der Waals surface area contributed by atoms with Crippen LogP contribution in [0.1, 0.15) is 37.0 Å². The molecular formula is C13H20ClN3O2. The molecule has 19 heavy (non-hydrogen) atoms. The molecule has 0 unspecified atom stereocenters. The highest BCUT2D eigenvalue weighted by atomic mass is 35.5. The van der Waals surface area contributed by atoms with Gasteiger partial charge in [-0.2, -0.15) is 0 Å². The van der Waals surface area contributed by atoms with E-state index in [1.807, 2.05) is 13.8 Å². The first-order chi connectivity index (χ1) is 9.04. The summed E-state index contributed by atoms with van der Waals surface area (Å²) in [7, 11) is 0. The lowest BCUT2D eigenvalue weighted by molar-refractivity contribution is 0.0622. The number of nitrogens with zero attached hydrogens (tertiary/aromatic N) is 2. The fraction of sp³-hybridized carbons (Fsp3) is 0.538. The number of carbonyl (C=O) groups is 1. The first kappa shape index (κ1) is 15.7. The molecule has 0 aliphatic rings. The van der Waals surface area contributed by atoms with E-state index in [0.717, 1.165) is 12.8 Å². The lowest BCUT2D eigenvalue weighted by Gasteiger charge is -2.30. The predicted octanol–water partition coefficient (Wildman–Crippen LogP) is 1.94. The number of hydrogen-bond acceptors (Lipinski definition) is 4. The second-order valence-electron chi connectivity index (χ2n) is 4.28. The topological polar surface area (TPSA) is 79.5 Å². The molecule has 0 fully saturated rings. The third-order valence-electron chi connectivity index (χ3n) is 3.10. The number of aliphatic hydroxyl groups excluding tert-OH is 1. The van der Waals surface area contributed by atoms with Crippen molar-refractivity contribution in [2.45, 2.75) is 32.7 Å². The molecule has 1 rings (SSSR count). The van der Waals surface area contributed by atoms with Crippen molar-refractivity contribution in [3.8, 4) is 0 Å². The molecule has 1 aromatic rings.